The van der Waals surface area contributed by atoms with Crippen molar-refractivity contribution in [2.75, 3.05) is 6.54 Å². The second kappa shape index (κ2) is 10.7. The van der Waals surface area contributed by atoms with Gasteiger partial charge in [-0.2, -0.15) is 13.2 Å². The normalized spacial score (nSPS) is 13.8. The summed E-state index contributed by atoms with van der Waals surface area (Å²) in [7, 11) is 0. The standard InChI is InChI=1S/C14H28F3N/c1-3-5-6-7-8-9-13(18-12-4-2)10-11-14(15,16)17/h13,18H,3-12H2,1-2H3. The second-order valence-corrected chi connectivity index (χ2v) is 5.01. The van der Waals surface area contributed by atoms with Crippen LogP contribution in [-0.4, -0.2) is 18.8 Å². The molecule has 110 valence electrons. The van der Waals surface area contributed by atoms with Crippen LogP contribution in [0.5, 0.6) is 0 Å². The van der Waals surface area contributed by atoms with E-state index in [0.29, 0.717) is 0 Å². The highest BCUT2D eigenvalue weighted by atomic mass is 19.4. The van der Waals surface area contributed by atoms with Gasteiger partial charge in [-0.25, -0.2) is 0 Å². The molecule has 0 heterocycles. The smallest absolute Gasteiger partial charge is 0.314 e. The first-order chi connectivity index (χ1) is 8.49. The molecule has 0 bridgehead atoms. The maximum Gasteiger partial charge on any atom is 0.389 e. The molecule has 4 heteroatoms. The van der Waals surface area contributed by atoms with Crippen LogP contribution in [0.1, 0.15) is 71.6 Å². The molecule has 1 atom stereocenters. The van der Waals surface area contributed by atoms with Crippen molar-refractivity contribution in [3.05, 3.63) is 0 Å². The van der Waals surface area contributed by atoms with Crippen LogP contribution in [0.25, 0.3) is 0 Å². The van der Waals surface area contributed by atoms with E-state index in [1.54, 1.807) is 0 Å². The fourth-order valence-electron chi connectivity index (χ4n) is 2.03. The minimum atomic E-state index is -4.02. The van der Waals surface area contributed by atoms with Gasteiger partial charge in [-0.1, -0.05) is 46.0 Å². The second-order valence-electron chi connectivity index (χ2n) is 5.01. The molecular weight excluding hydrogens is 239 g/mol. The van der Waals surface area contributed by atoms with Gasteiger partial charge in [0.05, 0.1) is 0 Å². The van der Waals surface area contributed by atoms with E-state index in [4.69, 9.17) is 0 Å². The van der Waals surface area contributed by atoms with Crippen LogP contribution in [0.15, 0.2) is 0 Å². The molecule has 1 nitrogen and oxygen atoms in total. The lowest BCUT2D eigenvalue weighted by molar-refractivity contribution is -0.136. The lowest BCUT2D eigenvalue weighted by Crippen LogP contribution is -2.31. The van der Waals surface area contributed by atoms with Crippen molar-refractivity contribution in [2.45, 2.75) is 83.9 Å². The molecule has 0 amide bonds. The van der Waals surface area contributed by atoms with Gasteiger partial charge in [0, 0.05) is 12.5 Å². The highest BCUT2D eigenvalue weighted by Gasteiger charge is 2.27. The number of nitrogens with one attached hydrogen (secondary N) is 1. The summed E-state index contributed by atoms with van der Waals surface area (Å²) in [6.07, 6.45) is 3.20. The first kappa shape index (κ1) is 17.8. The molecule has 0 aromatic heterocycles. The van der Waals surface area contributed by atoms with Crippen LogP contribution in [0.4, 0.5) is 13.2 Å². The van der Waals surface area contributed by atoms with Crippen molar-refractivity contribution in [2.24, 2.45) is 0 Å². The molecular formula is C14H28F3N. The average Bonchev–Trinajstić information content (AvgIpc) is 2.30. The summed E-state index contributed by atoms with van der Waals surface area (Å²) in [5, 5.41) is 3.23. The van der Waals surface area contributed by atoms with Gasteiger partial charge >= 0.3 is 6.18 Å². The summed E-state index contributed by atoms with van der Waals surface area (Å²) >= 11 is 0. The van der Waals surface area contributed by atoms with Crippen molar-refractivity contribution < 1.29 is 13.2 Å². The minimum absolute atomic E-state index is 0.0354. The van der Waals surface area contributed by atoms with E-state index in [2.05, 4.69) is 12.2 Å². The molecule has 0 aliphatic carbocycles. The number of alkyl halides is 3. The highest BCUT2D eigenvalue weighted by molar-refractivity contribution is 4.69. The Labute approximate surface area is 110 Å². The molecule has 1 unspecified atom stereocenters. The summed E-state index contributed by atoms with van der Waals surface area (Å²) in [4.78, 5) is 0. The Kier molecular flexibility index (Phi) is 10.5. The average molecular weight is 267 g/mol. The monoisotopic (exact) mass is 267 g/mol. The van der Waals surface area contributed by atoms with Gasteiger partial charge < -0.3 is 5.32 Å². The van der Waals surface area contributed by atoms with Crippen LogP contribution in [0.3, 0.4) is 0 Å². The lowest BCUT2D eigenvalue weighted by Gasteiger charge is -2.19. The molecule has 0 saturated heterocycles. The highest BCUT2D eigenvalue weighted by Crippen LogP contribution is 2.23. The van der Waals surface area contributed by atoms with E-state index in [1.165, 1.54) is 19.3 Å². The zero-order chi connectivity index (χ0) is 13.9. The predicted octanol–water partition coefficient (Wildman–Crippen LogP) is 5.06. The van der Waals surface area contributed by atoms with Crippen LogP contribution in [0, 0.1) is 0 Å². The fraction of sp³-hybridized carbons (Fsp3) is 1.00. The van der Waals surface area contributed by atoms with Gasteiger partial charge in [0.15, 0.2) is 0 Å². The van der Waals surface area contributed by atoms with E-state index in [-0.39, 0.29) is 12.5 Å². The van der Waals surface area contributed by atoms with Gasteiger partial charge in [-0.3, -0.25) is 0 Å². The van der Waals surface area contributed by atoms with Crippen molar-refractivity contribution in [1.82, 2.24) is 5.32 Å². The molecule has 18 heavy (non-hydrogen) atoms. The van der Waals surface area contributed by atoms with E-state index in [1.807, 2.05) is 6.92 Å². The van der Waals surface area contributed by atoms with Gasteiger partial charge in [-0.05, 0) is 25.8 Å². The molecule has 0 radical (unpaired) electrons. The van der Waals surface area contributed by atoms with E-state index >= 15 is 0 Å². The maximum atomic E-state index is 12.2. The Hall–Kier alpha value is -0.250. The molecule has 0 aromatic rings. The third-order valence-electron chi connectivity index (χ3n) is 3.12. The molecule has 0 rings (SSSR count). The molecule has 0 saturated carbocycles. The lowest BCUT2D eigenvalue weighted by atomic mass is 10.0. The van der Waals surface area contributed by atoms with Crippen LogP contribution < -0.4 is 5.32 Å². The summed E-state index contributed by atoms with van der Waals surface area (Å²) in [6.45, 7) is 5.02. The number of hydrogen-bond donors (Lipinski definition) is 1. The van der Waals surface area contributed by atoms with E-state index in [9.17, 15) is 13.2 Å². The van der Waals surface area contributed by atoms with E-state index in [0.717, 1.165) is 32.2 Å². The van der Waals surface area contributed by atoms with E-state index < -0.39 is 12.6 Å². The van der Waals surface area contributed by atoms with Gasteiger partial charge in [0.1, 0.15) is 0 Å². The number of hydrogen-bond acceptors (Lipinski definition) is 1. The zero-order valence-electron chi connectivity index (χ0n) is 11.8. The predicted molar refractivity (Wildman–Crippen MR) is 70.7 cm³/mol. The Bertz CT molecular complexity index is 180. The summed E-state index contributed by atoms with van der Waals surface area (Å²) < 4.78 is 36.6. The van der Waals surface area contributed by atoms with Gasteiger partial charge in [-0.15, -0.1) is 0 Å². The number of unbranched alkanes of at least 4 members (excludes halogenated alkanes) is 4. The van der Waals surface area contributed by atoms with Crippen LogP contribution >= 0.6 is 0 Å². The first-order valence-corrected chi connectivity index (χ1v) is 7.29. The topological polar surface area (TPSA) is 12.0 Å². The number of rotatable bonds is 11. The first-order valence-electron chi connectivity index (χ1n) is 7.29. The Morgan fingerprint density at radius 2 is 1.56 bits per heavy atom. The van der Waals surface area contributed by atoms with Crippen LogP contribution in [0.2, 0.25) is 0 Å². The molecule has 0 aliphatic rings. The molecule has 0 spiro atoms. The van der Waals surface area contributed by atoms with Gasteiger partial charge in [0.25, 0.3) is 0 Å². The Morgan fingerprint density at radius 3 is 2.11 bits per heavy atom. The third-order valence-corrected chi connectivity index (χ3v) is 3.12. The molecule has 1 N–H and O–H groups in total. The largest absolute Gasteiger partial charge is 0.389 e. The maximum absolute atomic E-state index is 12.2. The third kappa shape index (κ3) is 12.2. The fourth-order valence-corrected chi connectivity index (χ4v) is 2.03. The summed E-state index contributed by atoms with van der Waals surface area (Å²) in [5.74, 6) is 0. The minimum Gasteiger partial charge on any atom is -0.314 e. The quantitative estimate of drug-likeness (QED) is 0.516. The SMILES string of the molecule is CCCCCCCC(CCC(F)(F)F)NCCC. The van der Waals surface area contributed by atoms with Crippen molar-refractivity contribution in [3.63, 3.8) is 0 Å². The summed E-state index contributed by atoms with van der Waals surface area (Å²) in [5.41, 5.74) is 0. The molecule has 0 fully saturated rings. The molecule has 0 aliphatic heterocycles. The molecule has 0 aromatic carbocycles. The zero-order valence-corrected chi connectivity index (χ0v) is 11.8. The van der Waals surface area contributed by atoms with Crippen molar-refractivity contribution >= 4 is 0 Å². The Balaban J connectivity index is 3.76. The van der Waals surface area contributed by atoms with Crippen LogP contribution in [-0.2, 0) is 0 Å². The number of halogens is 3. The van der Waals surface area contributed by atoms with Crippen molar-refractivity contribution in [1.29, 1.82) is 0 Å². The summed E-state index contributed by atoms with van der Waals surface area (Å²) in [6, 6.07) is 0.0354. The van der Waals surface area contributed by atoms with Crippen molar-refractivity contribution in [3.8, 4) is 0 Å². The van der Waals surface area contributed by atoms with Gasteiger partial charge in [0.2, 0.25) is 0 Å². The Morgan fingerprint density at radius 1 is 0.889 bits per heavy atom.